The van der Waals surface area contributed by atoms with Gasteiger partial charge in [-0.2, -0.15) is 0 Å². The number of carbonyl (C=O) groups excluding carboxylic acids is 2. The first-order chi connectivity index (χ1) is 13.6. The van der Waals surface area contributed by atoms with Gasteiger partial charge in [0.2, 0.25) is 5.91 Å². The van der Waals surface area contributed by atoms with E-state index in [2.05, 4.69) is 41.8 Å². The van der Waals surface area contributed by atoms with Crippen LogP contribution in [0.25, 0.3) is 0 Å². The zero-order valence-electron chi connectivity index (χ0n) is 16.2. The molecule has 2 aromatic rings. The highest BCUT2D eigenvalue weighted by Gasteiger charge is 2.28. The molecule has 6 heteroatoms. The van der Waals surface area contributed by atoms with Crippen LogP contribution in [0, 0.1) is 12.8 Å². The molecule has 28 heavy (non-hydrogen) atoms. The molecule has 3 amide bonds. The Labute approximate surface area is 170 Å². The van der Waals surface area contributed by atoms with Crippen molar-refractivity contribution in [3.8, 4) is 0 Å². The van der Waals surface area contributed by atoms with Gasteiger partial charge in [0, 0.05) is 36.0 Å². The minimum Gasteiger partial charge on any atom is -0.355 e. The Balaban J connectivity index is 1.41. The predicted molar refractivity (Wildman–Crippen MR) is 115 cm³/mol. The van der Waals surface area contributed by atoms with Gasteiger partial charge in [-0.1, -0.05) is 35.9 Å². The first-order valence-corrected chi connectivity index (χ1v) is 10.7. The van der Waals surface area contributed by atoms with Gasteiger partial charge in [0.25, 0.3) is 0 Å². The van der Waals surface area contributed by atoms with Gasteiger partial charge in [-0.05, 0) is 44.0 Å². The van der Waals surface area contributed by atoms with Crippen molar-refractivity contribution in [2.45, 2.75) is 24.7 Å². The smallest absolute Gasteiger partial charge is 0.321 e. The summed E-state index contributed by atoms with van der Waals surface area (Å²) in [7, 11) is 0. The summed E-state index contributed by atoms with van der Waals surface area (Å²) in [6.45, 7) is 3.85. The third-order valence-corrected chi connectivity index (χ3v) is 5.81. The van der Waals surface area contributed by atoms with E-state index in [1.807, 2.05) is 30.3 Å². The fourth-order valence-electron chi connectivity index (χ4n) is 3.22. The molecular formula is C22H27N3O2S. The monoisotopic (exact) mass is 397 g/mol. The summed E-state index contributed by atoms with van der Waals surface area (Å²) in [6.07, 6.45) is 1.67. The van der Waals surface area contributed by atoms with Crippen molar-refractivity contribution in [3.63, 3.8) is 0 Å². The first-order valence-electron chi connectivity index (χ1n) is 9.70. The summed E-state index contributed by atoms with van der Waals surface area (Å²) in [4.78, 5) is 27.9. The second-order valence-electron chi connectivity index (χ2n) is 7.03. The van der Waals surface area contributed by atoms with Gasteiger partial charge in [0.1, 0.15) is 0 Å². The Morgan fingerprint density at radius 2 is 1.86 bits per heavy atom. The lowest BCUT2D eigenvalue weighted by atomic mass is 9.97. The quantitative estimate of drug-likeness (QED) is 0.569. The van der Waals surface area contributed by atoms with Crippen LogP contribution in [0.2, 0.25) is 0 Å². The summed E-state index contributed by atoms with van der Waals surface area (Å²) >= 11 is 1.74. The zero-order chi connectivity index (χ0) is 19.8. The van der Waals surface area contributed by atoms with Crippen LogP contribution in [0.4, 0.5) is 10.5 Å². The second kappa shape index (κ2) is 10.2. The average molecular weight is 398 g/mol. The van der Waals surface area contributed by atoms with Crippen molar-refractivity contribution in [2.24, 2.45) is 5.92 Å². The fraction of sp³-hybridized carbons (Fsp3) is 0.364. The van der Waals surface area contributed by atoms with Gasteiger partial charge in [0.05, 0.1) is 5.92 Å². The molecule has 1 aliphatic heterocycles. The van der Waals surface area contributed by atoms with Gasteiger partial charge in [-0.25, -0.2) is 4.79 Å². The molecule has 148 valence electrons. The summed E-state index contributed by atoms with van der Waals surface area (Å²) < 4.78 is 0. The summed E-state index contributed by atoms with van der Waals surface area (Å²) in [5.41, 5.74) is 2.02. The number of thioether (sulfide) groups is 1. The molecule has 1 unspecified atom stereocenters. The molecule has 5 nitrogen and oxygen atoms in total. The molecule has 2 N–H and O–H groups in total. The number of carbonyl (C=O) groups is 2. The summed E-state index contributed by atoms with van der Waals surface area (Å²) in [6, 6.07) is 17.7. The lowest BCUT2D eigenvalue weighted by molar-refractivity contribution is -0.126. The Kier molecular flexibility index (Phi) is 7.37. The van der Waals surface area contributed by atoms with E-state index in [-0.39, 0.29) is 17.9 Å². The number of hydrogen-bond donors (Lipinski definition) is 2. The van der Waals surface area contributed by atoms with Crippen LogP contribution in [0.3, 0.4) is 0 Å². The Morgan fingerprint density at radius 1 is 1.11 bits per heavy atom. The van der Waals surface area contributed by atoms with E-state index in [0.29, 0.717) is 19.6 Å². The number of amides is 3. The SMILES string of the molecule is Cc1ccc(SCCNC(=O)C2CCCN(C(=O)Nc3ccccc3)C2)cc1. The van der Waals surface area contributed by atoms with Crippen molar-refractivity contribution in [2.75, 3.05) is 30.7 Å². The highest BCUT2D eigenvalue weighted by atomic mass is 32.2. The van der Waals surface area contributed by atoms with Gasteiger partial charge in [-0.15, -0.1) is 11.8 Å². The lowest BCUT2D eigenvalue weighted by Gasteiger charge is -2.32. The molecule has 0 saturated carbocycles. The van der Waals surface area contributed by atoms with Crippen molar-refractivity contribution in [3.05, 3.63) is 60.2 Å². The Morgan fingerprint density at radius 3 is 2.61 bits per heavy atom. The van der Waals surface area contributed by atoms with Gasteiger partial charge < -0.3 is 15.5 Å². The third-order valence-electron chi connectivity index (χ3n) is 4.80. The molecule has 0 spiro atoms. The fourth-order valence-corrected chi connectivity index (χ4v) is 3.99. The molecule has 0 bridgehead atoms. The number of piperidine rings is 1. The minimum atomic E-state index is -0.140. The molecule has 2 aromatic carbocycles. The maximum atomic E-state index is 12.5. The molecule has 1 fully saturated rings. The maximum Gasteiger partial charge on any atom is 0.321 e. The lowest BCUT2D eigenvalue weighted by Crippen LogP contribution is -2.47. The number of urea groups is 1. The number of aryl methyl sites for hydroxylation is 1. The topological polar surface area (TPSA) is 61.4 Å². The number of benzene rings is 2. The van der Waals surface area contributed by atoms with Crippen LogP contribution in [-0.2, 0) is 4.79 Å². The van der Waals surface area contributed by atoms with E-state index >= 15 is 0 Å². The van der Waals surface area contributed by atoms with Crippen LogP contribution < -0.4 is 10.6 Å². The minimum absolute atomic E-state index is 0.0433. The number of rotatable bonds is 6. The Bertz CT molecular complexity index is 780. The van der Waals surface area contributed by atoms with E-state index in [1.54, 1.807) is 16.7 Å². The Hall–Kier alpha value is -2.47. The number of likely N-dealkylation sites (tertiary alicyclic amines) is 1. The van der Waals surface area contributed by atoms with Crippen molar-refractivity contribution in [1.29, 1.82) is 0 Å². The van der Waals surface area contributed by atoms with E-state index in [4.69, 9.17) is 0 Å². The standard InChI is InChI=1S/C22H27N3O2S/c1-17-9-11-20(12-10-17)28-15-13-23-21(26)18-6-5-14-25(16-18)22(27)24-19-7-3-2-4-8-19/h2-4,7-12,18H,5-6,13-16H2,1H3,(H,23,26)(H,24,27). The molecule has 1 atom stereocenters. The summed E-state index contributed by atoms with van der Waals surface area (Å²) in [5.74, 6) is 0.737. The van der Waals surface area contributed by atoms with Crippen LogP contribution in [0.1, 0.15) is 18.4 Å². The number of para-hydroxylation sites is 1. The van der Waals surface area contributed by atoms with Gasteiger partial charge in [0.15, 0.2) is 0 Å². The third kappa shape index (κ3) is 6.02. The first kappa shape index (κ1) is 20.3. The van der Waals surface area contributed by atoms with Crippen molar-refractivity contribution >= 4 is 29.4 Å². The largest absolute Gasteiger partial charge is 0.355 e. The van der Waals surface area contributed by atoms with E-state index in [0.717, 1.165) is 24.3 Å². The molecule has 0 radical (unpaired) electrons. The number of anilines is 1. The highest BCUT2D eigenvalue weighted by molar-refractivity contribution is 7.99. The van der Waals surface area contributed by atoms with Crippen molar-refractivity contribution in [1.82, 2.24) is 10.2 Å². The van der Waals surface area contributed by atoms with Crippen LogP contribution >= 0.6 is 11.8 Å². The van der Waals surface area contributed by atoms with Gasteiger partial charge >= 0.3 is 6.03 Å². The molecule has 1 aliphatic rings. The van der Waals surface area contributed by atoms with E-state index in [9.17, 15) is 9.59 Å². The molecule has 1 heterocycles. The molecule has 3 rings (SSSR count). The van der Waals surface area contributed by atoms with Gasteiger partial charge in [-0.3, -0.25) is 4.79 Å². The molecular weight excluding hydrogens is 370 g/mol. The normalized spacial score (nSPS) is 16.5. The molecule has 1 saturated heterocycles. The number of nitrogens with zero attached hydrogens (tertiary/aromatic N) is 1. The molecule has 0 aliphatic carbocycles. The van der Waals surface area contributed by atoms with Crippen LogP contribution in [0.5, 0.6) is 0 Å². The van der Waals surface area contributed by atoms with Crippen LogP contribution in [0.15, 0.2) is 59.5 Å². The average Bonchev–Trinajstić information content (AvgIpc) is 2.73. The van der Waals surface area contributed by atoms with E-state index < -0.39 is 0 Å². The van der Waals surface area contributed by atoms with E-state index in [1.165, 1.54) is 10.5 Å². The number of hydrogen-bond acceptors (Lipinski definition) is 3. The maximum absolute atomic E-state index is 12.5. The summed E-state index contributed by atoms with van der Waals surface area (Å²) in [5, 5.41) is 5.92. The predicted octanol–water partition coefficient (Wildman–Crippen LogP) is 4.15. The van der Waals surface area contributed by atoms with Crippen LogP contribution in [-0.4, -0.2) is 42.2 Å². The highest BCUT2D eigenvalue weighted by Crippen LogP contribution is 2.19. The number of nitrogens with one attached hydrogen (secondary N) is 2. The van der Waals surface area contributed by atoms with Crippen molar-refractivity contribution < 1.29 is 9.59 Å². The molecule has 0 aromatic heterocycles. The second-order valence-corrected chi connectivity index (χ2v) is 8.20. The zero-order valence-corrected chi connectivity index (χ0v) is 17.0.